The lowest BCUT2D eigenvalue weighted by Crippen LogP contribution is -2.38. The number of amides is 1. The molecule has 1 aliphatic heterocycles. The smallest absolute Gasteiger partial charge is 0.220 e. The summed E-state index contributed by atoms with van der Waals surface area (Å²) in [5, 5.41) is 3.22. The molecule has 0 spiro atoms. The van der Waals surface area contributed by atoms with Crippen LogP contribution in [0.4, 0.5) is 0 Å². The van der Waals surface area contributed by atoms with Gasteiger partial charge in [-0.05, 0) is 50.6 Å². The summed E-state index contributed by atoms with van der Waals surface area (Å²) < 4.78 is 2.21. The third kappa shape index (κ3) is 5.34. The molecule has 3 aromatic rings. The molecule has 2 heterocycles. The number of aromatic nitrogens is 2. The van der Waals surface area contributed by atoms with Crippen molar-refractivity contribution in [3.8, 4) is 0 Å². The van der Waals surface area contributed by atoms with E-state index in [1.165, 1.54) is 31.2 Å². The number of nitrogens with one attached hydrogen (secondary N) is 1. The molecular weight excluding hydrogens is 384 g/mol. The van der Waals surface area contributed by atoms with Crippen LogP contribution in [0.25, 0.3) is 11.0 Å². The Hall–Kier alpha value is -2.66. The third-order valence-corrected chi connectivity index (χ3v) is 6.38. The van der Waals surface area contributed by atoms with Crippen LogP contribution in [0.3, 0.4) is 0 Å². The maximum Gasteiger partial charge on any atom is 0.220 e. The second kappa shape index (κ2) is 10.6. The van der Waals surface area contributed by atoms with Crippen LogP contribution in [0.2, 0.25) is 0 Å². The monoisotopic (exact) mass is 418 g/mol. The molecule has 2 aromatic carbocycles. The van der Waals surface area contributed by atoms with Gasteiger partial charge in [0.25, 0.3) is 0 Å². The van der Waals surface area contributed by atoms with E-state index < -0.39 is 0 Å². The van der Waals surface area contributed by atoms with Crippen LogP contribution in [-0.2, 0) is 17.8 Å². The van der Waals surface area contributed by atoms with Gasteiger partial charge in [-0.1, -0.05) is 55.3 Å². The second-order valence-electron chi connectivity index (χ2n) is 8.44. The third-order valence-electron chi connectivity index (χ3n) is 6.38. The van der Waals surface area contributed by atoms with E-state index >= 15 is 0 Å². The first-order chi connectivity index (χ1) is 15.3. The number of fused-ring (bicyclic) bond motifs is 1. The standard InChI is InChI=1S/C26H34N4O/c1-2-30-23-15-9-8-14-22(23)28-25(30)16-17-26(31)27-20-24(21-12-6-5-7-13-21)29-18-10-3-4-11-19-29/h5-9,12-15,24H,2-4,10-11,16-20H2,1H3,(H,27,31). The van der Waals surface area contributed by atoms with Gasteiger partial charge in [0.05, 0.1) is 17.1 Å². The predicted molar refractivity (Wildman–Crippen MR) is 126 cm³/mol. The number of carbonyl (C=O) groups excluding carboxylic acids is 1. The fraction of sp³-hybridized carbons (Fsp3) is 0.462. The molecule has 0 radical (unpaired) electrons. The minimum absolute atomic E-state index is 0.102. The van der Waals surface area contributed by atoms with Gasteiger partial charge in [0.1, 0.15) is 5.82 Å². The number of likely N-dealkylation sites (tertiary alicyclic amines) is 1. The molecule has 0 aliphatic carbocycles. The topological polar surface area (TPSA) is 50.2 Å². The average Bonchev–Trinajstić information content (AvgIpc) is 2.95. The Bertz CT molecular complexity index is 973. The molecule has 4 rings (SSSR count). The summed E-state index contributed by atoms with van der Waals surface area (Å²) in [5.41, 5.74) is 3.44. The fourth-order valence-electron chi connectivity index (χ4n) is 4.73. The molecule has 1 amide bonds. The largest absolute Gasteiger partial charge is 0.354 e. The molecule has 0 bridgehead atoms. The highest BCUT2D eigenvalue weighted by molar-refractivity contribution is 5.77. The highest BCUT2D eigenvalue weighted by atomic mass is 16.1. The summed E-state index contributed by atoms with van der Waals surface area (Å²) in [5.74, 6) is 1.09. The highest BCUT2D eigenvalue weighted by Crippen LogP contribution is 2.24. The van der Waals surface area contributed by atoms with Gasteiger partial charge in [0, 0.05) is 25.9 Å². The van der Waals surface area contributed by atoms with Crippen LogP contribution in [-0.4, -0.2) is 40.0 Å². The molecule has 1 N–H and O–H groups in total. The Kier molecular flexibility index (Phi) is 7.36. The predicted octanol–water partition coefficient (Wildman–Crippen LogP) is 4.72. The fourth-order valence-corrected chi connectivity index (χ4v) is 4.73. The molecule has 1 unspecified atom stereocenters. The zero-order valence-corrected chi connectivity index (χ0v) is 18.6. The lowest BCUT2D eigenvalue weighted by atomic mass is 10.0. The van der Waals surface area contributed by atoms with Gasteiger partial charge in [-0.3, -0.25) is 9.69 Å². The van der Waals surface area contributed by atoms with E-state index in [-0.39, 0.29) is 11.9 Å². The normalized spacial score (nSPS) is 16.2. The number of nitrogens with zero attached hydrogens (tertiary/aromatic N) is 3. The Morgan fingerprint density at radius 1 is 1.00 bits per heavy atom. The van der Waals surface area contributed by atoms with Crippen molar-refractivity contribution in [2.24, 2.45) is 0 Å². The Morgan fingerprint density at radius 3 is 2.45 bits per heavy atom. The maximum absolute atomic E-state index is 12.8. The van der Waals surface area contributed by atoms with Crippen molar-refractivity contribution in [1.29, 1.82) is 0 Å². The highest BCUT2D eigenvalue weighted by Gasteiger charge is 2.22. The zero-order chi connectivity index (χ0) is 21.5. The van der Waals surface area contributed by atoms with Crippen molar-refractivity contribution < 1.29 is 4.79 Å². The van der Waals surface area contributed by atoms with Crippen LogP contribution in [0.1, 0.15) is 56.5 Å². The Morgan fingerprint density at radius 2 is 1.71 bits per heavy atom. The number of para-hydroxylation sites is 2. The summed E-state index contributed by atoms with van der Waals surface area (Å²) in [6.45, 7) is 5.87. The van der Waals surface area contributed by atoms with Crippen LogP contribution >= 0.6 is 0 Å². The van der Waals surface area contributed by atoms with Crippen molar-refractivity contribution in [3.05, 3.63) is 66.0 Å². The Labute approximate surface area is 185 Å². The van der Waals surface area contributed by atoms with Crippen LogP contribution in [0.15, 0.2) is 54.6 Å². The Balaban J connectivity index is 1.39. The van der Waals surface area contributed by atoms with E-state index in [1.807, 2.05) is 18.2 Å². The van der Waals surface area contributed by atoms with Gasteiger partial charge in [0.15, 0.2) is 0 Å². The lowest BCUT2D eigenvalue weighted by molar-refractivity contribution is -0.121. The molecule has 0 saturated carbocycles. The van der Waals surface area contributed by atoms with Gasteiger partial charge >= 0.3 is 0 Å². The maximum atomic E-state index is 12.8. The number of hydrogen-bond acceptors (Lipinski definition) is 3. The van der Waals surface area contributed by atoms with Gasteiger partial charge < -0.3 is 9.88 Å². The van der Waals surface area contributed by atoms with E-state index in [9.17, 15) is 4.79 Å². The number of benzene rings is 2. The molecule has 1 atom stereocenters. The van der Waals surface area contributed by atoms with E-state index in [0.717, 1.165) is 36.5 Å². The van der Waals surface area contributed by atoms with Gasteiger partial charge in [-0.2, -0.15) is 0 Å². The minimum Gasteiger partial charge on any atom is -0.354 e. The molecule has 164 valence electrons. The van der Waals surface area contributed by atoms with Gasteiger partial charge in [-0.15, -0.1) is 0 Å². The summed E-state index contributed by atoms with van der Waals surface area (Å²) in [4.78, 5) is 20.1. The number of carbonyl (C=O) groups is 1. The quantitative estimate of drug-likeness (QED) is 0.576. The van der Waals surface area contributed by atoms with Crippen molar-refractivity contribution in [2.45, 2.75) is 58.0 Å². The summed E-state index contributed by atoms with van der Waals surface area (Å²) in [6.07, 6.45) is 6.22. The number of hydrogen-bond donors (Lipinski definition) is 1. The zero-order valence-electron chi connectivity index (χ0n) is 18.6. The molecular formula is C26H34N4O. The van der Waals surface area contributed by atoms with E-state index in [4.69, 9.17) is 4.98 Å². The van der Waals surface area contributed by atoms with Gasteiger partial charge in [-0.25, -0.2) is 4.98 Å². The number of aryl methyl sites for hydroxylation is 2. The SMILES string of the molecule is CCn1c(CCC(=O)NCC(c2ccccc2)N2CCCCCC2)nc2ccccc21. The molecule has 1 aromatic heterocycles. The molecule has 1 fully saturated rings. The van der Waals surface area contributed by atoms with Crippen LogP contribution in [0, 0.1) is 0 Å². The first-order valence-electron chi connectivity index (χ1n) is 11.8. The number of imidazole rings is 1. The summed E-state index contributed by atoms with van der Waals surface area (Å²) in [7, 11) is 0. The van der Waals surface area contributed by atoms with Crippen molar-refractivity contribution >= 4 is 16.9 Å². The number of rotatable bonds is 8. The molecule has 5 nitrogen and oxygen atoms in total. The van der Waals surface area contributed by atoms with Crippen molar-refractivity contribution in [2.75, 3.05) is 19.6 Å². The first-order valence-corrected chi connectivity index (χ1v) is 11.8. The second-order valence-corrected chi connectivity index (χ2v) is 8.44. The molecule has 1 saturated heterocycles. The lowest BCUT2D eigenvalue weighted by Gasteiger charge is -2.31. The minimum atomic E-state index is 0.102. The van der Waals surface area contributed by atoms with Crippen molar-refractivity contribution in [3.63, 3.8) is 0 Å². The van der Waals surface area contributed by atoms with Crippen LogP contribution < -0.4 is 5.32 Å². The summed E-state index contributed by atoms with van der Waals surface area (Å²) in [6, 6.07) is 19.0. The van der Waals surface area contributed by atoms with E-state index in [0.29, 0.717) is 19.4 Å². The van der Waals surface area contributed by atoms with Crippen LogP contribution in [0.5, 0.6) is 0 Å². The van der Waals surface area contributed by atoms with Gasteiger partial charge in [0.2, 0.25) is 5.91 Å². The molecule has 31 heavy (non-hydrogen) atoms. The van der Waals surface area contributed by atoms with E-state index in [1.54, 1.807) is 0 Å². The van der Waals surface area contributed by atoms with Crippen molar-refractivity contribution in [1.82, 2.24) is 19.8 Å². The molecule has 5 heteroatoms. The average molecular weight is 419 g/mol. The van der Waals surface area contributed by atoms with E-state index in [2.05, 4.69) is 58.1 Å². The summed E-state index contributed by atoms with van der Waals surface area (Å²) >= 11 is 0. The first kappa shape index (κ1) is 21.6. The molecule has 1 aliphatic rings.